The highest BCUT2D eigenvalue weighted by Gasteiger charge is 2.39. The van der Waals surface area contributed by atoms with Crippen molar-refractivity contribution in [3.63, 3.8) is 0 Å². The molecule has 0 saturated carbocycles. The molecule has 1 atom stereocenters. The molecule has 0 radical (unpaired) electrons. The van der Waals surface area contributed by atoms with Crippen LogP contribution in [0, 0.1) is 0 Å². The SMILES string of the molecule is CCOC(=O)c1cn(-c2ccc(N3CCOC3=O)c(Cl)c2)c(=O)n([C@@H]2CCc3c2cccc3C(F)(F)F)c1=O. The molecule has 39 heavy (non-hydrogen) atoms. The average molecular weight is 564 g/mol. The van der Waals surface area contributed by atoms with Gasteiger partial charge in [-0.1, -0.05) is 23.7 Å². The van der Waals surface area contributed by atoms with Gasteiger partial charge in [0.2, 0.25) is 0 Å². The lowest BCUT2D eigenvalue weighted by molar-refractivity contribution is -0.138. The summed E-state index contributed by atoms with van der Waals surface area (Å²) < 4.78 is 52.7. The summed E-state index contributed by atoms with van der Waals surface area (Å²) in [5.74, 6) is -0.991. The predicted octanol–water partition coefficient (Wildman–Crippen LogP) is 4.34. The highest BCUT2D eigenvalue weighted by molar-refractivity contribution is 6.34. The summed E-state index contributed by atoms with van der Waals surface area (Å²) >= 11 is 6.42. The zero-order chi connectivity index (χ0) is 28.1. The number of ether oxygens (including phenoxy) is 2. The van der Waals surface area contributed by atoms with Gasteiger partial charge in [-0.05, 0) is 55.2 Å². The average Bonchev–Trinajstić information content (AvgIpc) is 3.50. The molecule has 1 saturated heterocycles. The molecule has 0 unspecified atom stereocenters. The highest BCUT2D eigenvalue weighted by Crippen LogP contribution is 2.41. The third kappa shape index (κ3) is 4.58. The van der Waals surface area contributed by atoms with E-state index in [9.17, 15) is 32.3 Å². The fourth-order valence-electron chi connectivity index (χ4n) is 5.02. The third-order valence-electron chi connectivity index (χ3n) is 6.73. The number of carbonyl (C=O) groups excluding carboxylic acids is 2. The lowest BCUT2D eigenvalue weighted by Crippen LogP contribution is -2.44. The Morgan fingerprint density at radius 2 is 1.95 bits per heavy atom. The summed E-state index contributed by atoms with van der Waals surface area (Å²) in [6.45, 7) is 1.95. The van der Waals surface area contributed by atoms with Crippen molar-refractivity contribution in [3.8, 4) is 5.69 Å². The second kappa shape index (κ2) is 9.92. The number of anilines is 1. The number of hydrogen-bond acceptors (Lipinski definition) is 6. The molecule has 3 aromatic rings. The molecule has 0 N–H and O–H groups in total. The minimum absolute atomic E-state index is 0.000663. The maximum atomic E-state index is 13.7. The zero-order valence-electron chi connectivity index (χ0n) is 20.5. The van der Waals surface area contributed by atoms with Crippen LogP contribution in [0.5, 0.6) is 0 Å². The molecule has 2 aromatic carbocycles. The van der Waals surface area contributed by atoms with Gasteiger partial charge < -0.3 is 9.47 Å². The normalized spacial score (nSPS) is 16.8. The summed E-state index contributed by atoms with van der Waals surface area (Å²) in [5, 5.41) is 0.0923. The van der Waals surface area contributed by atoms with E-state index in [1.807, 2.05) is 0 Å². The molecular formula is C26H21ClF3N3O6. The standard InChI is InChI=1S/C26H21ClF3N3O6/c1-2-38-23(35)17-13-32(14-6-8-21(19(27)12-14)31-10-11-39-25(31)37)24(36)33(22(17)34)20-9-7-15-16(20)4-3-5-18(15)26(28,29)30/h3-6,8,12-13,20H,2,7,9-11H2,1H3/t20-/m1/s1. The number of benzene rings is 2. The van der Waals surface area contributed by atoms with Crippen molar-refractivity contribution in [1.29, 1.82) is 0 Å². The summed E-state index contributed by atoms with van der Waals surface area (Å²) in [6.07, 6.45) is -4.15. The molecule has 1 aliphatic carbocycles. The molecule has 1 aromatic heterocycles. The minimum Gasteiger partial charge on any atom is -0.462 e. The predicted molar refractivity (Wildman–Crippen MR) is 134 cm³/mol. The first-order valence-electron chi connectivity index (χ1n) is 12.0. The third-order valence-corrected chi connectivity index (χ3v) is 7.03. The smallest absolute Gasteiger partial charge is 0.416 e. The number of esters is 1. The first kappa shape index (κ1) is 26.5. The maximum absolute atomic E-state index is 13.7. The van der Waals surface area contributed by atoms with Crippen molar-refractivity contribution in [3.05, 3.63) is 90.7 Å². The second-order valence-corrected chi connectivity index (χ2v) is 9.33. The molecule has 204 valence electrons. The van der Waals surface area contributed by atoms with Gasteiger partial charge in [0.25, 0.3) is 5.56 Å². The Hall–Kier alpha value is -4.06. The van der Waals surface area contributed by atoms with Crippen LogP contribution >= 0.6 is 11.6 Å². The fourth-order valence-corrected chi connectivity index (χ4v) is 5.30. The number of carbonyl (C=O) groups is 2. The number of fused-ring (bicyclic) bond motifs is 1. The summed E-state index contributed by atoms with van der Waals surface area (Å²) in [4.78, 5) is 53.2. The van der Waals surface area contributed by atoms with E-state index in [1.165, 1.54) is 35.2 Å². The van der Waals surface area contributed by atoms with Crippen LogP contribution in [0.2, 0.25) is 5.02 Å². The Morgan fingerprint density at radius 3 is 2.59 bits per heavy atom. The molecule has 1 amide bonds. The first-order valence-corrected chi connectivity index (χ1v) is 12.4. The Morgan fingerprint density at radius 1 is 1.18 bits per heavy atom. The summed E-state index contributed by atoms with van der Waals surface area (Å²) in [7, 11) is 0. The van der Waals surface area contributed by atoms with E-state index in [0.29, 0.717) is 5.69 Å². The van der Waals surface area contributed by atoms with Crippen molar-refractivity contribution >= 4 is 29.4 Å². The van der Waals surface area contributed by atoms with Gasteiger partial charge >= 0.3 is 23.9 Å². The maximum Gasteiger partial charge on any atom is 0.416 e. The number of aromatic nitrogens is 2. The number of amides is 1. The van der Waals surface area contributed by atoms with E-state index in [0.717, 1.165) is 21.4 Å². The van der Waals surface area contributed by atoms with Gasteiger partial charge in [-0.3, -0.25) is 18.8 Å². The van der Waals surface area contributed by atoms with E-state index >= 15 is 0 Å². The lowest BCUT2D eigenvalue weighted by atomic mass is 10.0. The van der Waals surface area contributed by atoms with Gasteiger partial charge in [0, 0.05) is 6.20 Å². The summed E-state index contributed by atoms with van der Waals surface area (Å²) in [6, 6.07) is 6.89. The van der Waals surface area contributed by atoms with Gasteiger partial charge in [-0.15, -0.1) is 0 Å². The minimum atomic E-state index is -4.61. The van der Waals surface area contributed by atoms with E-state index in [4.69, 9.17) is 21.1 Å². The monoisotopic (exact) mass is 563 g/mol. The number of alkyl halides is 3. The van der Waals surface area contributed by atoms with Crippen molar-refractivity contribution < 1.29 is 32.2 Å². The molecule has 1 aliphatic heterocycles. The Bertz CT molecular complexity index is 1610. The van der Waals surface area contributed by atoms with E-state index < -0.39 is 46.7 Å². The van der Waals surface area contributed by atoms with Crippen LogP contribution in [0.4, 0.5) is 23.7 Å². The van der Waals surface area contributed by atoms with Crippen LogP contribution in [0.15, 0.2) is 52.2 Å². The second-order valence-electron chi connectivity index (χ2n) is 8.92. The first-order chi connectivity index (χ1) is 18.5. The van der Waals surface area contributed by atoms with Gasteiger partial charge in [0.05, 0.1) is 41.2 Å². The van der Waals surface area contributed by atoms with Gasteiger partial charge in [0.1, 0.15) is 12.2 Å². The van der Waals surface area contributed by atoms with Crippen LogP contribution in [0.3, 0.4) is 0 Å². The number of cyclic esters (lactones) is 1. The molecular weight excluding hydrogens is 543 g/mol. The quantitative estimate of drug-likeness (QED) is 0.428. The molecule has 13 heteroatoms. The lowest BCUT2D eigenvalue weighted by Gasteiger charge is -2.20. The molecule has 9 nitrogen and oxygen atoms in total. The Kier molecular flexibility index (Phi) is 6.75. The van der Waals surface area contributed by atoms with Crippen molar-refractivity contribution in [2.45, 2.75) is 32.0 Å². The molecule has 5 rings (SSSR count). The number of hydrogen-bond donors (Lipinski definition) is 0. The fraction of sp³-hybridized carbons (Fsp3) is 0.308. The molecule has 2 heterocycles. The molecule has 1 fully saturated rings. The van der Waals surface area contributed by atoms with Gasteiger partial charge in [0.15, 0.2) is 0 Å². The van der Waals surface area contributed by atoms with Crippen LogP contribution < -0.4 is 16.1 Å². The van der Waals surface area contributed by atoms with Gasteiger partial charge in [-0.25, -0.2) is 14.4 Å². The van der Waals surface area contributed by atoms with E-state index in [-0.39, 0.29) is 54.4 Å². The number of nitrogens with zero attached hydrogens (tertiary/aromatic N) is 3. The van der Waals surface area contributed by atoms with Crippen molar-refractivity contribution in [2.75, 3.05) is 24.7 Å². The van der Waals surface area contributed by atoms with Gasteiger partial charge in [-0.2, -0.15) is 13.2 Å². The van der Waals surface area contributed by atoms with Crippen molar-refractivity contribution in [1.82, 2.24) is 9.13 Å². The largest absolute Gasteiger partial charge is 0.462 e. The zero-order valence-corrected chi connectivity index (χ0v) is 21.2. The highest BCUT2D eigenvalue weighted by atomic mass is 35.5. The van der Waals surface area contributed by atoms with Crippen molar-refractivity contribution in [2.24, 2.45) is 0 Å². The van der Waals surface area contributed by atoms with Crippen LogP contribution in [0.1, 0.15) is 46.4 Å². The van der Waals surface area contributed by atoms with Crippen LogP contribution in [-0.2, 0) is 22.1 Å². The number of rotatable bonds is 5. The Balaban J connectivity index is 1.69. The van der Waals surface area contributed by atoms with E-state index in [2.05, 4.69) is 0 Å². The van der Waals surface area contributed by atoms with Crippen LogP contribution in [-0.4, -0.2) is 41.0 Å². The molecule has 0 bridgehead atoms. The molecule has 0 spiro atoms. The summed E-state index contributed by atoms with van der Waals surface area (Å²) in [5.41, 5.74) is -2.50. The molecule has 2 aliphatic rings. The van der Waals surface area contributed by atoms with Crippen LogP contribution in [0.25, 0.3) is 5.69 Å². The van der Waals surface area contributed by atoms with E-state index in [1.54, 1.807) is 6.92 Å². The Labute approximate surface area is 223 Å². The topological polar surface area (TPSA) is 99.8 Å². The number of halogens is 4.